The molecule has 0 unspecified atom stereocenters. The van der Waals surface area contributed by atoms with Crippen LogP contribution in [0, 0.1) is 5.82 Å². The van der Waals surface area contributed by atoms with Crippen LogP contribution >= 0.6 is 0 Å². The zero-order valence-electron chi connectivity index (χ0n) is 17.5. The number of hydrogen-bond donors (Lipinski definition) is 2. The van der Waals surface area contributed by atoms with Gasteiger partial charge >= 0.3 is 0 Å². The Bertz CT molecular complexity index is 1620. The molecule has 0 aliphatic heterocycles. The van der Waals surface area contributed by atoms with Crippen LogP contribution in [-0.4, -0.2) is 37.2 Å². The summed E-state index contributed by atoms with van der Waals surface area (Å²) < 4.78 is 19.4. The fourth-order valence-corrected chi connectivity index (χ4v) is 4.05. The third kappa shape index (κ3) is 3.28. The largest absolute Gasteiger partial charge is 0.497 e. The number of methoxy groups -OCH3 is 1. The summed E-state index contributed by atoms with van der Waals surface area (Å²) in [6.07, 6.45) is 8.73. The number of aromatic nitrogens is 6. The molecule has 0 aliphatic rings. The van der Waals surface area contributed by atoms with E-state index in [1.54, 1.807) is 37.1 Å². The molecule has 0 bridgehead atoms. The minimum atomic E-state index is -0.369. The van der Waals surface area contributed by atoms with Gasteiger partial charge in [0, 0.05) is 46.6 Å². The van der Waals surface area contributed by atoms with Crippen molar-refractivity contribution >= 4 is 21.8 Å². The van der Waals surface area contributed by atoms with Crippen molar-refractivity contribution in [3.05, 3.63) is 79.3 Å². The number of halogens is 1. The Morgan fingerprint density at radius 1 is 0.848 bits per heavy atom. The number of benzene rings is 1. The first-order valence-corrected chi connectivity index (χ1v) is 10.3. The molecule has 5 aromatic heterocycles. The van der Waals surface area contributed by atoms with Crippen molar-refractivity contribution in [3.8, 4) is 39.5 Å². The summed E-state index contributed by atoms with van der Waals surface area (Å²) in [5.74, 6) is 0.0822. The first-order chi connectivity index (χ1) is 16.2. The number of pyridine rings is 3. The maximum absolute atomic E-state index is 14.1. The maximum Gasteiger partial charge on any atom is 0.127 e. The Labute approximate surface area is 187 Å². The SMILES string of the molecule is COc1cc(F)cc(-c2cncc3[nH]c(-c4n[nH]c5cnc(-c6ccncc6)cc45)cc23)c1. The van der Waals surface area contributed by atoms with E-state index < -0.39 is 0 Å². The van der Waals surface area contributed by atoms with Gasteiger partial charge in [-0.1, -0.05) is 0 Å². The van der Waals surface area contributed by atoms with Crippen LogP contribution in [0.3, 0.4) is 0 Å². The van der Waals surface area contributed by atoms with Gasteiger partial charge in [0.25, 0.3) is 0 Å². The van der Waals surface area contributed by atoms with E-state index in [-0.39, 0.29) is 5.82 Å². The second kappa shape index (κ2) is 7.52. The third-order valence-electron chi connectivity index (χ3n) is 5.64. The van der Waals surface area contributed by atoms with Gasteiger partial charge in [-0.15, -0.1) is 0 Å². The van der Waals surface area contributed by atoms with Crippen molar-refractivity contribution in [3.63, 3.8) is 0 Å². The molecule has 0 radical (unpaired) electrons. The first kappa shape index (κ1) is 19.1. The second-order valence-corrected chi connectivity index (χ2v) is 7.63. The van der Waals surface area contributed by atoms with Crippen molar-refractivity contribution in [2.45, 2.75) is 0 Å². The monoisotopic (exact) mass is 436 g/mol. The fraction of sp³-hybridized carbons (Fsp3) is 0.0400. The highest BCUT2D eigenvalue weighted by atomic mass is 19.1. The number of aromatic amines is 2. The summed E-state index contributed by atoms with van der Waals surface area (Å²) in [5.41, 5.74) is 6.53. The van der Waals surface area contributed by atoms with Crippen molar-refractivity contribution in [2.24, 2.45) is 0 Å². The number of fused-ring (bicyclic) bond motifs is 2. The molecule has 160 valence electrons. The van der Waals surface area contributed by atoms with Crippen LogP contribution in [0.15, 0.2) is 73.4 Å². The lowest BCUT2D eigenvalue weighted by Crippen LogP contribution is -1.88. The van der Waals surface area contributed by atoms with Crippen LogP contribution in [0.4, 0.5) is 4.39 Å². The van der Waals surface area contributed by atoms with Gasteiger partial charge in [0.1, 0.15) is 17.3 Å². The van der Waals surface area contributed by atoms with Gasteiger partial charge in [0.2, 0.25) is 0 Å². The number of H-pyrrole nitrogens is 2. The van der Waals surface area contributed by atoms with E-state index in [0.29, 0.717) is 11.3 Å². The van der Waals surface area contributed by atoms with E-state index in [9.17, 15) is 4.39 Å². The lowest BCUT2D eigenvalue weighted by atomic mass is 10.0. The Morgan fingerprint density at radius 3 is 2.58 bits per heavy atom. The van der Waals surface area contributed by atoms with E-state index >= 15 is 0 Å². The predicted molar refractivity (Wildman–Crippen MR) is 124 cm³/mol. The lowest BCUT2D eigenvalue weighted by Gasteiger charge is -2.06. The average Bonchev–Trinajstić information content (AvgIpc) is 3.47. The van der Waals surface area contributed by atoms with Crippen molar-refractivity contribution < 1.29 is 9.13 Å². The van der Waals surface area contributed by atoms with Crippen LogP contribution < -0.4 is 4.74 Å². The number of nitrogens with zero attached hydrogens (tertiary/aromatic N) is 4. The van der Waals surface area contributed by atoms with E-state index in [0.717, 1.165) is 50.0 Å². The molecule has 7 nitrogen and oxygen atoms in total. The van der Waals surface area contributed by atoms with Crippen LogP contribution in [0.25, 0.3) is 55.6 Å². The predicted octanol–water partition coefficient (Wildman–Crippen LogP) is 5.38. The Balaban J connectivity index is 1.50. The molecule has 0 fully saturated rings. The quantitative estimate of drug-likeness (QED) is 0.387. The van der Waals surface area contributed by atoms with Crippen molar-refractivity contribution in [2.75, 3.05) is 7.11 Å². The van der Waals surface area contributed by atoms with E-state index in [2.05, 4.69) is 30.1 Å². The number of nitrogens with one attached hydrogen (secondary N) is 2. The van der Waals surface area contributed by atoms with Gasteiger partial charge in [0.15, 0.2) is 0 Å². The number of ether oxygens (including phenoxy) is 1. The molecule has 0 atom stereocenters. The van der Waals surface area contributed by atoms with Gasteiger partial charge in [-0.25, -0.2) is 4.39 Å². The van der Waals surface area contributed by atoms with Crippen LogP contribution in [0.1, 0.15) is 0 Å². The summed E-state index contributed by atoms with van der Waals surface area (Å²) in [7, 11) is 1.52. The highest BCUT2D eigenvalue weighted by Gasteiger charge is 2.16. The van der Waals surface area contributed by atoms with Gasteiger partial charge in [-0.2, -0.15) is 5.10 Å². The molecule has 5 heterocycles. The van der Waals surface area contributed by atoms with Gasteiger partial charge in [-0.05, 0) is 42.0 Å². The normalized spacial score (nSPS) is 11.3. The maximum atomic E-state index is 14.1. The van der Waals surface area contributed by atoms with E-state index in [1.165, 1.54) is 19.2 Å². The van der Waals surface area contributed by atoms with Crippen molar-refractivity contribution in [1.82, 2.24) is 30.1 Å². The molecule has 0 amide bonds. The van der Waals surface area contributed by atoms with E-state index in [4.69, 9.17) is 4.74 Å². The van der Waals surface area contributed by atoms with Crippen LogP contribution in [0.2, 0.25) is 0 Å². The zero-order valence-corrected chi connectivity index (χ0v) is 17.5. The summed E-state index contributed by atoms with van der Waals surface area (Å²) in [6.45, 7) is 0. The van der Waals surface area contributed by atoms with Crippen molar-refractivity contribution in [1.29, 1.82) is 0 Å². The lowest BCUT2D eigenvalue weighted by molar-refractivity contribution is 0.411. The Kier molecular flexibility index (Phi) is 4.36. The molecule has 6 aromatic rings. The molecule has 6 rings (SSSR count). The Morgan fingerprint density at radius 2 is 1.73 bits per heavy atom. The summed E-state index contributed by atoms with van der Waals surface area (Å²) >= 11 is 0. The highest BCUT2D eigenvalue weighted by Crippen LogP contribution is 2.35. The molecule has 2 N–H and O–H groups in total. The Hall–Kier alpha value is -4.59. The van der Waals surface area contributed by atoms with Gasteiger partial charge in [0.05, 0.1) is 41.9 Å². The van der Waals surface area contributed by atoms with E-state index in [1.807, 2.05) is 24.3 Å². The first-order valence-electron chi connectivity index (χ1n) is 10.3. The number of rotatable bonds is 4. The van der Waals surface area contributed by atoms with Crippen LogP contribution in [0.5, 0.6) is 5.75 Å². The topological polar surface area (TPSA) is 92.4 Å². The number of hydrogen-bond acceptors (Lipinski definition) is 5. The molecule has 0 spiro atoms. The molecule has 8 heteroatoms. The molecule has 0 saturated heterocycles. The molecule has 33 heavy (non-hydrogen) atoms. The molecular formula is C25H17FN6O. The standard InChI is InChI=1S/C25H17FN6O/c1-33-17-7-15(6-16(26)8-17)20-11-28-12-23-18(20)9-22(30-23)25-19-10-21(14-2-4-27-5-3-14)29-13-24(19)31-32-25/h2-13,30H,1H3,(H,31,32). The molecule has 1 aromatic carbocycles. The minimum Gasteiger partial charge on any atom is -0.497 e. The van der Waals surface area contributed by atoms with Crippen LogP contribution in [-0.2, 0) is 0 Å². The molecular weight excluding hydrogens is 419 g/mol. The second-order valence-electron chi connectivity index (χ2n) is 7.63. The fourth-order valence-electron chi connectivity index (χ4n) is 4.05. The highest BCUT2D eigenvalue weighted by molar-refractivity contribution is 6.01. The summed E-state index contributed by atoms with van der Waals surface area (Å²) in [4.78, 5) is 16.4. The minimum absolute atomic E-state index is 0.369. The molecule has 0 saturated carbocycles. The zero-order chi connectivity index (χ0) is 22.4. The molecule has 0 aliphatic carbocycles. The smallest absolute Gasteiger partial charge is 0.127 e. The summed E-state index contributed by atoms with van der Waals surface area (Å²) in [6, 6.07) is 12.5. The average molecular weight is 436 g/mol. The summed E-state index contributed by atoms with van der Waals surface area (Å²) in [5, 5.41) is 9.43. The van der Waals surface area contributed by atoms with Gasteiger partial charge < -0.3 is 9.72 Å². The van der Waals surface area contributed by atoms with Gasteiger partial charge in [-0.3, -0.25) is 20.1 Å². The third-order valence-corrected chi connectivity index (χ3v) is 5.64.